The van der Waals surface area contributed by atoms with Crippen molar-refractivity contribution in [1.29, 1.82) is 0 Å². The molecule has 1 atom stereocenters. The second kappa shape index (κ2) is 7.01. The van der Waals surface area contributed by atoms with Gasteiger partial charge >= 0.3 is 5.97 Å². The summed E-state index contributed by atoms with van der Waals surface area (Å²) < 4.78 is 4.80. The number of nitrogens with zero attached hydrogens (tertiary/aromatic N) is 1. The quantitative estimate of drug-likeness (QED) is 0.620. The van der Waals surface area contributed by atoms with Crippen LogP contribution in [0.2, 0.25) is 0 Å². The summed E-state index contributed by atoms with van der Waals surface area (Å²) in [5, 5.41) is 0. The van der Waals surface area contributed by atoms with E-state index >= 15 is 0 Å². The van der Waals surface area contributed by atoms with E-state index < -0.39 is 0 Å². The summed E-state index contributed by atoms with van der Waals surface area (Å²) in [7, 11) is 1.42. The molecule has 18 heavy (non-hydrogen) atoms. The number of ether oxygens (including phenoxy) is 1. The smallest absolute Gasteiger partial charge is 0.322 e. The minimum Gasteiger partial charge on any atom is -0.468 e. The molecule has 0 aromatic heterocycles. The maximum Gasteiger partial charge on any atom is 0.322 e. The van der Waals surface area contributed by atoms with Crippen LogP contribution in [0.3, 0.4) is 0 Å². The van der Waals surface area contributed by atoms with Crippen molar-refractivity contribution >= 4 is 11.7 Å². The van der Waals surface area contributed by atoms with Crippen LogP contribution in [-0.2, 0) is 16.1 Å². The molecule has 0 aliphatic carbocycles. The molecule has 0 aliphatic heterocycles. The van der Waals surface area contributed by atoms with Crippen LogP contribution in [0.4, 0.5) is 5.69 Å². The fourth-order valence-corrected chi connectivity index (χ4v) is 1.87. The molecule has 0 radical (unpaired) electrons. The van der Waals surface area contributed by atoms with Crippen molar-refractivity contribution in [3.63, 3.8) is 0 Å². The van der Waals surface area contributed by atoms with Crippen molar-refractivity contribution in [3.05, 3.63) is 29.8 Å². The average molecular weight is 250 g/mol. The summed E-state index contributed by atoms with van der Waals surface area (Å²) >= 11 is 0. The summed E-state index contributed by atoms with van der Waals surface area (Å²) in [4.78, 5) is 13.7. The van der Waals surface area contributed by atoms with Crippen molar-refractivity contribution in [1.82, 2.24) is 4.90 Å². The SMILES string of the molecule is CCCN(Cc1ccc(N)cc1)C(C)C(=O)OC. The molecule has 0 spiro atoms. The van der Waals surface area contributed by atoms with Crippen LogP contribution in [0.5, 0.6) is 0 Å². The van der Waals surface area contributed by atoms with Gasteiger partial charge in [-0.25, -0.2) is 0 Å². The van der Waals surface area contributed by atoms with Gasteiger partial charge in [-0.2, -0.15) is 0 Å². The highest BCUT2D eigenvalue weighted by Gasteiger charge is 2.21. The van der Waals surface area contributed by atoms with E-state index in [9.17, 15) is 4.79 Å². The van der Waals surface area contributed by atoms with Gasteiger partial charge in [0, 0.05) is 12.2 Å². The van der Waals surface area contributed by atoms with E-state index in [1.807, 2.05) is 31.2 Å². The lowest BCUT2D eigenvalue weighted by atomic mass is 10.1. The van der Waals surface area contributed by atoms with Crippen LogP contribution >= 0.6 is 0 Å². The molecule has 1 unspecified atom stereocenters. The van der Waals surface area contributed by atoms with Gasteiger partial charge in [0.05, 0.1) is 7.11 Å². The van der Waals surface area contributed by atoms with Crippen LogP contribution in [0.25, 0.3) is 0 Å². The predicted molar refractivity (Wildman–Crippen MR) is 73.0 cm³/mol. The second-order valence-corrected chi connectivity index (χ2v) is 4.41. The normalized spacial score (nSPS) is 12.4. The van der Waals surface area contributed by atoms with Gasteiger partial charge in [0.1, 0.15) is 6.04 Å². The van der Waals surface area contributed by atoms with Gasteiger partial charge in [-0.15, -0.1) is 0 Å². The molecule has 1 aromatic rings. The highest BCUT2D eigenvalue weighted by atomic mass is 16.5. The monoisotopic (exact) mass is 250 g/mol. The Morgan fingerprint density at radius 2 is 2.00 bits per heavy atom. The van der Waals surface area contributed by atoms with Crippen LogP contribution in [0.1, 0.15) is 25.8 Å². The summed E-state index contributed by atoms with van der Waals surface area (Å²) in [6.45, 7) is 5.56. The van der Waals surface area contributed by atoms with Crippen LogP contribution < -0.4 is 5.73 Å². The first kappa shape index (κ1) is 14.5. The van der Waals surface area contributed by atoms with Gasteiger partial charge in [-0.3, -0.25) is 9.69 Å². The number of esters is 1. The fourth-order valence-electron chi connectivity index (χ4n) is 1.87. The summed E-state index contributed by atoms with van der Waals surface area (Å²) in [6.07, 6.45) is 0.996. The third-order valence-corrected chi connectivity index (χ3v) is 2.97. The fraction of sp³-hybridized carbons (Fsp3) is 0.500. The van der Waals surface area contributed by atoms with Gasteiger partial charge in [0.2, 0.25) is 0 Å². The van der Waals surface area contributed by atoms with E-state index in [0.29, 0.717) is 0 Å². The van der Waals surface area contributed by atoms with Crippen molar-refractivity contribution in [2.75, 3.05) is 19.4 Å². The zero-order chi connectivity index (χ0) is 13.5. The number of rotatable bonds is 6. The van der Waals surface area contributed by atoms with Crippen molar-refractivity contribution in [2.45, 2.75) is 32.9 Å². The van der Waals surface area contributed by atoms with E-state index in [1.54, 1.807) is 0 Å². The Hall–Kier alpha value is -1.55. The lowest BCUT2D eigenvalue weighted by molar-refractivity contribution is -0.146. The van der Waals surface area contributed by atoms with Gasteiger partial charge in [-0.1, -0.05) is 19.1 Å². The average Bonchev–Trinajstić information content (AvgIpc) is 2.39. The van der Waals surface area contributed by atoms with E-state index in [-0.39, 0.29) is 12.0 Å². The largest absolute Gasteiger partial charge is 0.468 e. The van der Waals surface area contributed by atoms with Crippen LogP contribution in [0, 0.1) is 0 Å². The standard InChI is InChI=1S/C14H22N2O2/c1-4-9-16(11(2)14(17)18-3)10-12-5-7-13(15)8-6-12/h5-8,11H,4,9-10,15H2,1-3H3. The molecule has 0 aliphatic rings. The number of carbonyl (C=O) groups excluding carboxylic acids is 1. The van der Waals surface area contributed by atoms with E-state index in [4.69, 9.17) is 10.5 Å². The van der Waals surface area contributed by atoms with E-state index in [2.05, 4.69) is 11.8 Å². The maximum atomic E-state index is 11.6. The third-order valence-electron chi connectivity index (χ3n) is 2.97. The highest BCUT2D eigenvalue weighted by Crippen LogP contribution is 2.12. The zero-order valence-corrected chi connectivity index (χ0v) is 11.3. The molecule has 4 nitrogen and oxygen atoms in total. The molecule has 4 heteroatoms. The molecule has 0 saturated heterocycles. The molecular formula is C14H22N2O2. The molecule has 2 N–H and O–H groups in total. The number of hydrogen-bond acceptors (Lipinski definition) is 4. The molecule has 0 fully saturated rings. The Kier molecular flexibility index (Phi) is 5.65. The van der Waals surface area contributed by atoms with Crippen molar-refractivity contribution in [2.24, 2.45) is 0 Å². The van der Waals surface area contributed by atoms with Crippen LogP contribution in [-0.4, -0.2) is 30.6 Å². The molecule has 100 valence electrons. The first-order valence-corrected chi connectivity index (χ1v) is 6.24. The summed E-state index contributed by atoms with van der Waals surface area (Å²) in [6, 6.07) is 7.50. The van der Waals surface area contributed by atoms with Crippen LogP contribution in [0.15, 0.2) is 24.3 Å². The van der Waals surface area contributed by atoms with E-state index in [1.165, 1.54) is 7.11 Å². The van der Waals surface area contributed by atoms with Gasteiger partial charge in [-0.05, 0) is 37.6 Å². The van der Waals surface area contributed by atoms with Gasteiger partial charge in [0.15, 0.2) is 0 Å². The Bertz CT molecular complexity index is 376. The summed E-state index contributed by atoms with van der Waals surface area (Å²) in [5.74, 6) is -0.195. The summed E-state index contributed by atoms with van der Waals surface area (Å²) in [5.41, 5.74) is 7.56. The lowest BCUT2D eigenvalue weighted by Crippen LogP contribution is -2.39. The topological polar surface area (TPSA) is 55.6 Å². The molecular weight excluding hydrogens is 228 g/mol. The number of methoxy groups -OCH3 is 1. The molecule has 1 aromatic carbocycles. The van der Waals surface area contributed by atoms with Crippen molar-refractivity contribution in [3.8, 4) is 0 Å². The minimum absolute atomic E-state index is 0.195. The first-order valence-electron chi connectivity index (χ1n) is 6.24. The third kappa shape index (κ3) is 4.04. The number of carbonyl (C=O) groups is 1. The Morgan fingerprint density at radius 1 is 1.39 bits per heavy atom. The Labute approximate surface area is 109 Å². The Balaban J connectivity index is 2.73. The number of hydrogen-bond donors (Lipinski definition) is 1. The zero-order valence-electron chi connectivity index (χ0n) is 11.3. The molecule has 1 rings (SSSR count). The molecule has 0 saturated carbocycles. The number of nitrogens with two attached hydrogens (primary N) is 1. The number of benzene rings is 1. The highest BCUT2D eigenvalue weighted by molar-refractivity contribution is 5.75. The molecule has 0 heterocycles. The maximum absolute atomic E-state index is 11.6. The number of nitrogen functional groups attached to an aromatic ring is 1. The minimum atomic E-state index is -0.229. The predicted octanol–water partition coefficient (Wildman–Crippen LogP) is 2.04. The Morgan fingerprint density at radius 3 is 2.50 bits per heavy atom. The first-order chi connectivity index (χ1) is 8.58. The molecule has 0 amide bonds. The second-order valence-electron chi connectivity index (χ2n) is 4.41. The number of anilines is 1. The van der Waals surface area contributed by atoms with E-state index in [0.717, 1.165) is 30.8 Å². The molecule has 0 bridgehead atoms. The van der Waals surface area contributed by atoms with Crippen molar-refractivity contribution < 1.29 is 9.53 Å². The van der Waals surface area contributed by atoms with Gasteiger partial charge in [0.25, 0.3) is 0 Å². The van der Waals surface area contributed by atoms with Gasteiger partial charge < -0.3 is 10.5 Å². The lowest BCUT2D eigenvalue weighted by Gasteiger charge is -2.26.